The van der Waals surface area contributed by atoms with E-state index in [1.54, 1.807) is 30.3 Å². The van der Waals surface area contributed by atoms with E-state index < -0.39 is 23.9 Å². The molecule has 2 rings (SSSR count). The van der Waals surface area contributed by atoms with Gasteiger partial charge in [0.2, 0.25) is 0 Å². The first-order valence-electron chi connectivity index (χ1n) is 6.51. The first-order chi connectivity index (χ1) is 10.8. The molecule has 120 valence electrons. The number of thioether (sulfide) groups is 1. The zero-order valence-corrected chi connectivity index (χ0v) is 13.9. The van der Waals surface area contributed by atoms with Crippen LogP contribution in [0.15, 0.2) is 29.2 Å². The zero-order chi connectivity index (χ0) is 17.1. The predicted molar refractivity (Wildman–Crippen MR) is 87.3 cm³/mol. The maximum absolute atomic E-state index is 12.3. The number of esters is 1. The lowest BCUT2D eigenvalue weighted by Crippen LogP contribution is -2.48. The highest BCUT2D eigenvalue weighted by Gasteiger charge is 2.35. The summed E-state index contributed by atoms with van der Waals surface area (Å²) in [7, 11) is 1.29. The van der Waals surface area contributed by atoms with Crippen LogP contribution in [0.1, 0.15) is 22.8 Å². The molecule has 0 N–H and O–H groups in total. The second-order valence-corrected chi connectivity index (χ2v) is 6.34. The maximum atomic E-state index is 12.3. The molecule has 1 aliphatic rings. The largest absolute Gasteiger partial charge is 0.548 e. The highest BCUT2D eigenvalue weighted by molar-refractivity contribution is 8.26. The molecule has 8 heteroatoms. The molecule has 0 aliphatic carbocycles. The molecule has 1 fully saturated rings. The highest BCUT2D eigenvalue weighted by Crippen LogP contribution is 2.33. The third kappa shape index (κ3) is 3.59. The van der Waals surface area contributed by atoms with E-state index >= 15 is 0 Å². The number of hydrogen-bond acceptors (Lipinski definition) is 7. The van der Waals surface area contributed by atoms with Gasteiger partial charge in [-0.3, -0.25) is 9.69 Å². The summed E-state index contributed by atoms with van der Waals surface area (Å²) in [6, 6.07) is 5.32. The van der Waals surface area contributed by atoms with Crippen LogP contribution in [-0.2, 0) is 14.3 Å². The van der Waals surface area contributed by atoms with E-state index in [-0.39, 0.29) is 4.32 Å². The van der Waals surface area contributed by atoms with E-state index in [1.807, 2.05) is 0 Å². The average Bonchev–Trinajstić information content (AvgIpc) is 2.80. The minimum absolute atomic E-state index is 0.170. The van der Waals surface area contributed by atoms with Gasteiger partial charge in [0.05, 0.1) is 29.6 Å². The van der Waals surface area contributed by atoms with Crippen molar-refractivity contribution in [3.8, 4) is 0 Å². The Kier molecular flexibility index (Phi) is 5.17. The van der Waals surface area contributed by atoms with Crippen LogP contribution < -0.4 is 5.11 Å². The van der Waals surface area contributed by atoms with Crippen LogP contribution in [0.25, 0.3) is 6.08 Å². The number of nitrogens with zero attached hydrogens (tertiary/aromatic N) is 1. The molecule has 0 aromatic heterocycles. The van der Waals surface area contributed by atoms with Gasteiger partial charge in [-0.25, -0.2) is 4.79 Å². The van der Waals surface area contributed by atoms with Crippen LogP contribution in [0, 0.1) is 0 Å². The summed E-state index contributed by atoms with van der Waals surface area (Å²) in [6.07, 6.45) is 1.59. The Morgan fingerprint density at radius 2 is 1.96 bits per heavy atom. The molecule has 0 radical (unpaired) electrons. The van der Waals surface area contributed by atoms with Crippen molar-refractivity contribution in [3.63, 3.8) is 0 Å². The summed E-state index contributed by atoms with van der Waals surface area (Å²) in [5, 5.41) is 10.9. The Balaban J connectivity index is 2.24. The molecular weight excluding hydrogens is 338 g/mol. The molecule has 6 nitrogen and oxygen atoms in total. The Labute approximate surface area is 142 Å². The van der Waals surface area contributed by atoms with Gasteiger partial charge in [0.1, 0.15) is 4.32 Å². The van der Waals surface area contributed by atoms with E-state index in [0.717, 1.165) is 16.7 Å². The predicted octanol–water partition coefficient (Wildman–Crippen LogP) is 0.813. The fourth-order valence-electron chi connectivity index (χ4n) is 1.90. The van der Waals surface area contributed by atoms with Gasteiger partial charge in [0.25, 0.3) is 5.91 Å². The molecule has 0 saturated carbocycles. The van der Waals surface area contributed by atoms with Crippen LogP contribution in [0.5, 0.6) is 0 Å². The topological polar surface area (TPSA) is 86.7 Å². The number of thiocarbonyl (C=S) groups is 1. The van der Waals surface area contributed by atoms with Gasteiger partial charge in [0.15, 0.2) is 0 Å². The summed E-state index contributed by atoms with van der Waals surface area (Å²) >= 11 is 6.08. The van der Waals surface area contributed by atoms with E-state index in [2.05, 4.69) is 4.74 Å². The Morgan fingerprint density at radius 1 is 1.35 bits per heavy atom. The monoisotopic (exact) mass is 350 g/mol. The standard InChI is InChI=1S/C15H13NO5S2/c1-8(13(18)19)16-12(17)11(23-15(16)22)7-9-3-5-10(6-4-9)14(20)21-2/h3-8H,1-2H3,(H,18,19)/p-1/b11-7-/t8-/m1/s1. The van der Waals surface area contributed by atoms with Crippen LogP contribution in [-0.4, -0.2) is 40.2 Å². The van der Waals surface area contributed by atoms with Crippen molar-refractivity contribution in [2.45, 2.75) is 13.0 Å². The number of hydrogen-bond donors (Lipinski definition) is 0. The number of carboxylic acid groups (broad SMARTS) is 1. The van der Waals surface area contributed by atoms with Crippen LogP contribution in [0.2, 0.25) is 0 Å². The third-order valence-electron chi connectivity index (χ3n) is 3.18. The molecule has 0 unspecified atom stereocenters. The number of methoxy groups -OCH3 is 1. The quantitative estimate of drug-likeness (QED) is 0.451. The minimum atomic E-state index is -1.37. The lowest BCUT2D eigenvalue weighted by atomic mass is 10.1. The molecule has 1 saturated heterocycles. The summed E-state index contributed by atoms with van der Waals surface area (Å²) in [5.41, 5.74) is 1.07. The summed E-state index contributed by atoms with van der Waals surface area (Å²) < 4.78 is 4.78. The fraction of sp³-hybridized carbons (Fsp3) is 0.200. The fourth-order valence-corrected chi connectivity index (χ4v) is 3.32. The van der Waals surface area contributed by atoms with Crippen molar-refractivity contribution in [1.29, 1.82) is 0 Å². The molecule has 1 aliphatic heterocycles. The van der Waals surface area contributed by atoms with Gasteiger partial charge in [-0.1, -0.05) is 36.1 Å². The molecular formula is C15H12NO5S2-. The van der Waals surface area contributed by atoms with Crippen LogP contribution in [0.3, 0.4) is 0 Å². The number of rotatable bonds is 4. The molecule has 1 aromatic carbocycles. The minimum Gasteiger partial charge on any atom is -0.548 e. The number of benzene rings is 1. The summed E-state index contributed by atoms with van der Waals surface area (Å²) in [4.78, 5) is 35.9. The van der Waals surface area contributed by atoms with Gasteiger partial charge in [-0.15, -0.1) is 0 Å². The maximum Gasteiger partial charge on any atom is 0.337 e. The van der Waals surface area contributed by atoms with Gasteiger partial charge in [-0.2, -0.15) is 0 Å². The van der Waals surface area contributed by atoms with Crippen molar-refractivity contribution in [1.82, 2.24) is 4.90 Å². The molecule has 23 heavy (non-hydrogen) atoms. The first kappa shape index (κ1) is 17.2. The van der Waals surface area contributed by atoms with Gasteiger partial charge < -0.3 is 14.6 Å². The SMILES string of the molecule is COC(=O)c1ccc(/C=C2\SC(=S)N([C@H](C)C(=O)[O-])C2=O)cc1. The average molecular weight is 350 g/mol. The molecule has 0 spiro atoms. The smallest absolute Gasteiger partial charge is 0.337 e. The molecule has 0 bridgehead atoms. The van der Waals surface area contributed by atoms with Crippen molar-refractivity contribution < 1.29 is 24.2 Å². The number of ether oxygens (including phenoxy) is 1. The second kappa shape index (κ2) is 6.93. The number of aliphatic carboxylic acids is 1. The summed E-state index contributed by atoms with van der Waals surface area (Å²) in [5.74, 6) is -2.30. The van der Waals surface area contributed by atoms with Crippen LogP contribution >= 0.6 is 24.0 Å². The van der Waals surface area contributed by atoms with Crippen LogP contribution in [0.4, 0.5) is 0 Å². The Morgan fingerprint density at radius 3 is 2.48 bits per heavy atom. The van der Waals surface area contributed by atoms with Crippen molar-refractivity contribution in [2.75, 3.05) is 7.11 Å². The van der Waals surface area contributed by atoms with Gasteiger partial charge in [-0.05, 0) is 30.7 Å². The van der Waals surface area contributed by atoms with E-state index in [0.29, 0.717) is 16.0 Å². The Bertz CT molecular complexity index is 711. The third-order valence-corrected chi connectivity index (χ3v) is 4.51. The van der Waals surface area contributed by atoms with Crippen molar-refractivity contribution in [2.24, 2.45) is 0 Å². The van der Waals surface area contributed by atoms with Crippen molar-refractivity contribution in [3.05, 3.63) is 40.3 Å². The van der Waals surface area contributed by atoms with E-state index in [9.17, 15) is 19.5 Å². The summed E-state index contributed by atoms with van der Waals surface area (Å²) in [6.45, 7) is 1.34. The zero-order valence-electron chi connectivity index (χ0n) is 12.3. The van der Waals surface area contributed by atoms with Crippen molar-refractivity contribution >= 4 is 52.2 Å². The van der Waals surface area contributed by atoms with Gasteiger partial charge in [0, 0.05) is 0 Å². The lowest BCUT2D eigenvalue weighted by Gasteiger charge is -2.23. The number of carbonyl (C=O) groups excluding carboxylic acids is 3. The lowest BCUT2D eigenvalue weighted by molar-refractivity contribution is -0.309. The second-order valence-electron chi connectivity index (χ2n) is 4.66. The number of carboxylic acids is 1. The number of carbonyl (C=O) groups is 3. The normalized spacial score (nSPS) is 17.5. The highest BCUT2D eigenvalue weighted by atomic mass is 32.2. The van der Waals surface area contributed by atoms with E-state index in [1.165, 1.54) is 14.0 Å². The van der Waals surface area contributed by atoms with E-state index in [4.69, 9.17) is 12.2 Å². The Hall–Kier alpha value is -2.19. The molecule has 1 aromatic rings. The number of amides is 1. The first-order valence-corrected chi connectivity index (χ1v) is 7.74. The molecule has 1 amide bonds. The van der Waals surface area contributed by atoms with Gasteiger partial charge >= 0.3 is 5.97 Å². The molecule has 1 atom stereocenters. The molecule has 1 heterocycles.